The summed E-state index contributed by atoms with van der Waals surface area (Å²) < 4.78 is 1.22. The zero-order valence-corrected chi connectivity index (χ0v) is 8.76. The highest BCUT2D eigenvalue weighted by molar-refractivity contribution is 9.10. The number of aromatic amines is 1. The second kappa shape index (κ2) is 2.61. The van der Waals surface area contributed by atoms with Crippen LogP contribution in [0, 0.1) is 0 Å². The number of aromatic nitrogens is 1. The van der Waals surface area contributed by atoms with E-state index in [9.17, 15) is 0 Å². The van der Waals surface area contributed by atoms with Crippen LogP contribution in [0.15, 0.2) is 28.9 Å². The molecule has 0 saturated heterocycles. The van der Waals surface area contributed by atoms with Gasteiger partial charge in [0.05, 0.1) is 0 Å². The molecule has 0 unspecified atom stereocenters. The van der Waals surface area contributed by atoms with Crippen molar-refractivity contribution >= 4 is 26.8 Å². The fourth-order valence-electron chi connectivity index (χ4n) is 1.88. The summed E-state index contributed by atoms with van der Waals surface area (Å²) in [5.41, 5.74) is 2.73. The first-order valence-electron chi connectivity index (χ1n) is 4.62. The lowest BCUT2D eigenvalue weighted by molar-refractivity contribution is 1.15. The first kappa shape index (κ1) is 7.63. The van der Waals surface area contributed by atoms with Crippen molar-refractivity contribution in [2.45, 2.75) is 18.8 Å². The van der Waals surface area contributed by atoms with Crippen LogP contribution in [-0.4, -0.2) is 4.98 Å². The molecule has 1 N–H and O–H groups in total. The van der Waals surface area contributed by atoms with Gasteiger partial charge in [0.15, 0.2) is 0 Å². The molecule has 0 spiro atoms. The highest BCUT2D eigenvalue weighted by atomic mass is 79.9. The molecular weight excluding hydrogens is 226 g/mol. The summed E-state index contributed by atoms with van der Waals surface area (Å²) in [6.07, 6.45) is 4.87. The number of benzene rings is 1. The van der Waals surface area contributed by atoms with Crippen LogP contribution in [-0.2, 0) is 0 Å². The molecule has 2 heteroatoms. The molecule has 1 saturated carbocycles. The van der Waals surface area contributed by atoms with E-state index >= 15 is 0 Å². The summed E-state index contributed by atoms with van der Waals surface area (Å²) in [7, 11) is 0. The van der Waals surface area contributed by atoms with Crippen LogP contribution < -0.4 is 0 Å². The van der Waals surface area contributed by atoms with Gasteiger partial charge in [0.2, 0.25) is 0 Å². The lowest BCUT2D eigenvalue weighted by atomic mass is 10.1. The Morgan fingerprint density at radius 1 is 1.31 bits per heavy atom. The number of H-pyrrole nitrogens is 1. The quantitative estimate of drug-likeness (QED) is 0.774. The fourth-order valence-corrected chi connectivity index (χ4v) is 2.48. The van der Waals surface area contributed by atoms with Gasteiger partial charge in [-0.05, 0) is 36.5 Å². The third-order valence-electron chi connectivity index (χ3n) is 2.70. The molecule has 1 aromatic heterocycles. The zero-order valence-electron chi connectivity index (χ0n) is 7.18. The second-order valence-electron chi connectivity index (χ2n) is 3.68. The van der Waals surface area contributed by atoms with Crippen molar-refractivity contribution in [3.63, 3.8) is 0 Å². The first-order chi connectivity index (χ1) is 6.36. The molecule has 1 aliphatic rings. The minimum absolute atomic E-state index is 0.812. The molecule has 1 heterocycles. The van der Waals surface area contributed by atoms with Gasteiger partial charge in [-0.25, -0.2) is 0 Å². The Morgan fingerprint density at radius 3 is 2.92 bits per heavy atom. The Hall–Kier alpha value is -0.760. The average molecular weight is 236 g/mol. The van der Waals surface area contributed by atoms with E-state index in [2.05, 4.69) is 45.3 Å². The topological polar surface area (TPSA) is 15.8 Å². The molecule has 3 rings (SSSR count). The maximum atomic E-state index is 3.60. The molecule has 1 aromatic carbocycles. The van der Waals surface area contributed by atoms with E-state index in [0.29, 0.717) is 0 Å². The van der Waals surface area contributed by atoms with Gasteiger partial charge < -0.3 is 4.98 Å². The lowest BCUT2D eigenvalue weighted by Crippen LogP contribution is -1.75. The number of fused-ring (bicyclic) bond motifs is 1. The van der Waals surface area contributed by atoms with Gasteiger partial charge >= 0.3 is 0 Å². The van der Waals surface area contributed by atoms with Crippen molar-refractivity contribution in [2.75, 3.05) is 0 Å². The fraction of sp³-hybridized carbons (Fsp3) is 0.273. The second-order valence-corrected chi connectivity index (χ2v) is 4.54. The predicted octanol–water partition coefficient (Wildman–Crippen LogP) is 3.81. The van der Waals surface area contributed by atoms with Crippen molar-refractivity contribution in [2.24, 2.45) is 0 Å². The normalized spacial score (nSPS) is 16.7. The minimum atomic E-state index is 0.812. The van der Waals surface area contributed by atoms with E-state index in [0.717, 1.165) is 5.92 Å². The van der Waals surface area contributed by atoms with Crippen molar-refractivity contribution in [1.82, 2.24) is 4.98 Å². The Morgan fingerprint density at radius 2 is 2.15 bits per heavy atom. The van der Waals surface area contributed by atoms with Crippen molar-refractivity contribution in [1.29, 1.82) is 0 Å². The van der Waals surface area contributed by atoms with Gasteiger partial charge in [0.1, 0.15) is 0 Å². The monoisotopic (exact) mass is 235 g/mol. The van der Waals surface area contributed by atoms with Gasteiger partial charge in [0, 0.05) is 21.6 Å². The van der Waals surface area contributed by atoms with Crippen LogP contribution in [0.1, 0.15) is 24.3 Å². The third-order valence-corrected chi connectivity index (χ3v) is 3.36. The average Bonchev–Trinajstić information content (AvgIpc) is 2.87. The number of hydrogen-bond donors (Lipinski definition) is 1. The maximum Gasteiger partial charge on any atom is 0.0468 e. The molecule has 13 heavy (non-hydrogen) atoms. The van der Waals surface area contributed by atoms with E-state index < -0.39 is 0 Å². The molecule has 0 radical (unpaired) electrons. The largest absolute Gasteiger partial charge is 0.361 e. The maximum absolute atomic E-state index is 3.60. The van der Waals surface area contributed by atoms with E-state index in [1.807, 2.05) is 0 Å². The number of rotatable bonds is 1. The molecule has 66 valence electrons. The molecule has 0 aliphatic heterocycles. The van der Waals surface area contributed by atoms with E-state index in [1.54, 1.807) is 0 Å². The molecule has 1 aliphatic carbocycles. The van der Waals surface area contributed by atoms with Crippen LogP contribution in [0.25, 0.3) is 10.9 Å². The molecule has 2 aromatic rings. The molecule has 0 bridgehead atoms. The smallest absolute Gasteiger partial charge is 0.0468 e. The summed E-state index contributed by atoms with van der Waals surface area (Å²) in [5, 5.41) is 1.38. The van der Waals surface area contributed by atoms with E-state index in [1.165, 1.54) is 33.8 Å². The highest BCUT2D eigenvalue weighted by Gasteiger charge is 2.26. The summed E-state index contributed by atoms with van der Waals surface area (Å²) in [5.74, 6) is 0.812. The van der Waals surface area contributed by atoms with E-state index in [-0.39, 0.29) is 0 Å². The summed E-state index contributed by atoms with van der Waals surface area (Å²) in [4.78, 5) is 3.32. The van der Waals surface area contributed by atoms with Crippen LogP contribution in [0.3, 0.4) is 0 Å². The molecule has 1 fully saturated rings. The predicted molar refractivity (Wildman–Crippen MR) is 58.0 cm³/mol. The van der Waals surface area contributed by atoms with E-state index in [4.69, 9.17) is 0 Å². The number of nitrogens with one attached hydrogen (secondary N) is 1. The number of hydrogen-bond acceptors (Lipinski definition) is 0. The summed E-state index contributed by atoms with van der Waals surface area (Å²) >= 11 is 3.60. The van der Waals surface area contributed by atoms with Crippen molar-refractivity contribution < 1.29 is 0 Å². The number of halogens is 1. The molecule has 1 nitrogen and oxygen atoms in total. The van der Waals surface area contributed by atoms with Gasteiger partial charge in [-0.2, -0.15) is 0 Å². The van der Waals surface area contributed by atoms with Crippen molar-refractivity contribution in [3.8, 4) is 0 Å². The van der Waals surface area contributed by atoms with Gasteiger partial charge in [-0.15, -0.1) is 0 Å². The zero-order chi connectivity index (χ0) is 8.84. The Labute approximate surface area is 85.3 Å². The van der Waals surface area contributed by atoms with Gasteiger partial charge in [-0.3, -0.25) is 0 Å². The van der Waals surface area contributed by atoms with Crippen LogP contribution in [0.2, 0.25) is 0 Å². The Kier molecular flexibility index (Phi) is 1.53. The van der Waals surface area contributed by atoms with Gasteiger partial charge in [0.25, 0.3) is 0 Å². The van der Waals surface area contributed by atoms with Crippen molar-refractivity contribution in [3.05, 3.63) is 34.4 Å². The van der Waals surface area contributed by atoms with Crippen LogP contribution in [0.4, 0.5) is 0 Å². The first-order valence-corrected chi connectivity index (χ1v) is 5.41. The summed E-state index contributed by atoms with van der Waals surface area (Å²) in [6.45, 7) is 0. The molecule has 0 atom stereocenters. The standard InChI is InChI=1S/C11H10BrN/c12-9-2-1-3-10-11(9)8(6-13-10)7-4-5-7/h1-3,6-7,13H,4-5H2. The third kappa shape index (κ3) is 1.12. The highest BCUT2D eigenvalue weighted by Crippen LogP contribution is 2.44. The Balaban J connectivity index is 2.34. The SMILES string of the molecule is Brc1cccc2[nH]cc(C3CC3)c12. The molecular formula is C11H10BrN. The van der Waals surface area contributed by atoms with Crippen LogP contribution in [0.5, 0.6) is 0 Å². The van der Waals surface area contributed by atoms with Gasteiger partial charge in [-0.1, -0.05) is 22.0 Å². The molecule has 0 amide bonds. The minimum Gasteiger partial charge on any atom is -0.361 e. The van der Waals surface area contributed by atoms with Crippen LogP contribution >= 0.6 is 15.9 Å². The lowest BCUT2D eigenvalue weighted by Gasteiger charge is -1.97. The Bertz CT molecular complexity index is 454. The summed E-state index contributed by atoms with van der Waals surface area (Å²) in [6, 6.07) is 6.31.